The van der Waals surface area contributed by atoms with Crippen molar-refractivity contribution in [3.63, 3.8) is 0 Å². The number of carbonyl (C=O) groups is 1. The standard InChI is InChI=1S/C15H17ClF3NO/c1-20(13-8-3-2-7-12(13)16)14(21)10-5-4-6-11(9-10)15(17,18)19/h4-6,9,12-13H,2-3,7-8H2,1H3. The smallest absolute Gasteiger partial charge is 0.337 e. The van der Waals surface area contributed by atoms with Crippen LogP contribution in [-0.2, 0) is 6.18 Å². The number of rotatable bonds is 2. The third-order valence-corrected chi connectivity index (χ3v) is 4.41. The molecule has 2 rings (SSSR count). The van der Waals surface area contributed by atoms with Crippen molar-refractivity contribution in [2.45, 2.75) is 43.3 Å². The van der Waals surface area contributed by atoms with E-state index >= 15 is 0 Å². The molecule has 2 nitrogen and oxygen atoms in total. The molecule has 1 aliphatic carbocycles. The normalized spacial score (nSPS) is 22.9. The van der Waals surface area contributed by atoms with Crippen LogP contribution in [0.3, 0.4) is 0 Å². The van der Waals surface area contributed by atoms with Gasteiger partial charge in [-0.1, -0.05) is 18.9 Å². The molecule has 1 fully saturated rings. The fourth-order valence-corrected chi connectivity index (χ4v) is 3.13. The first kappa shape index (κ1) is 16.1. The van der Waals surface area contributed by atoms with Gasteiger partial charge >= 0.3 is 6.18 Å². The van der Waals surface area contributed by atoms with E-state index in [9.17, 15) is 18.0 Å². The molecule has 1 aromatic rings. The average molecular weight is 320 g/mol. The maximum Gasteiger partial charge on any atom is 0.416 e. The van der Waals surface area contributed by atoms with Crippen molar-refractivity contribution < 1.29 is 18.0 Å². The highest BCUT2D eigenvalue weighted by molar-refractivity contribution is 6.21. The minimum Gasteiger partial charge on any atom is -0.337 e. The van der Waals surface area contributed by atoms with Gasteiger partial charge in [0.25, 0.3) is 5.91 Å². The van der Waals surface area contributed by atoms with Gasteiger partial charge in [-0.2, -0.15) is 13.2 Å². The molecule has 2 atom stereocenters. The first-order valence-electron chi connectivity index (χ1n) is 6.89. The van der Waals surface area contributed by atoms with Crippen LogP contribution in [0.1, 0.15) is 41.6 Å². The van der Waals surface area contributed by atoms with Crippen molar-refractivity contribution in [1.82, 2.24) is 4.90 Å². The van der Waals surface area contributed by atoms with E-state index in [1.807, 2.05) is 0 Å². The molecular weight excluding hydrogens is 303 g/mol. The van der Waals surface area contributed by atoms with Gasteiger partial charge < -0.3 is 4.90 Å². The molecule has 1 saturated carbocycles. The summed E-state index contributed by atoms with van der Waals surface area (Å²) >= 11 is 6.24. The number of benzene rings is 1. The maximum absolute atomic E-state index is 12.7. The first-order chi connectivity index (χ1) is 9.80. The summed E-state index contributed by atoms with van der Waals surface area (Å²) in [6, 6.07) is 4.39. The van der Waals surface area contributed by atoms with E-state index in [0.29, 0.717) is 0 Å². The summed E-state index contributed by atoms with van der Waals surface area (Å²) in [6.45, 7) is 0. The van der Waals surface area contributed by atoms with Crippen LogP contribution in [0, 0.1) is 0 Å². The van der Waals surface area contributed by atoms with E-state index in [4.69, 9.17) is 11.6 Å². The summed E-state index contributed by atoms with van der Waals surface area (Å²) in [7, 11) is 1.61. The monoisotopic (exact) mass is 319 g/mol. The first-order valence-corrected chi connectivity index (χ1v) is 7.33. The Labute approximate surface area is 126 Å². The molecule has 0 radical (unpaired) electrons. The lowest BCUT2D eigenvalue weighted by molar-refractivity contribution is -0.137. The second kappa shape index (κ2) is 6.26. The molecule has 0 spiro atoms. The zero-order valence-corrected chi connectivity index (χ0v) is 12.4. The van der Waals surface area contributed by atoms with Crippen LogP contribution in [0.4, 0.5) is 13.2 Å². The minimum absolute atomic E-state index is 0.0433. The molecule has 1 aromatic carbocycles. The maximum atomic E-state index is 12.7. The number of hydrogen-bond donors (Lipinski definition) is 0. The minimum atomic E-state index is -4.45. The van der Waals surface area contributed by atoms with E-state index < -0.39 is 17.6 Å². The lowest BCUT2D eigenvalue weighted by Gasteiger charge is -2.35. The number of amides is 1. The van der Waals surface area contributed by atoms with Gasteiger partial charge in [0.1, 0.15) is 0 Å². The fourth-order valence-electron chi connectivity index (χ4n) is 2.69. The highest BCUT2D eigenvalue weighted by atomic mass is 35.5. The highest BCUT2D eigenvalue weighted by Gasteiger charge is 2.33. The number of halogens is 4. The van der Waals surface area contributed by atoms with Gasteiger partial charge in [-0.05, 0) is 31.0 Å². The van der Waals surface area contributed by atoms with Crippen LogP contribution in [0.2, 0.25) is 0 Å². The van der Waals surface area contributed by atoms with Crippen LogP contribution < -0.4 is 0 Å². The van der Waals surface area contributed by atoms with E-state index in [-0.39, 0.29) is 17.0 Å². The van der Waals surface area contributed by atoms with E-state index in [1.54, 1.807) is 7.05 Å². The average Bonchev–Trinajstić information content (AvgIpc) is 2.45. The van der Waals surface area contributed by atoms with E-state index in [1.165, 1.54) is 17.0 Å². The molecule has 2 unspecified atom stereocenters. The lowest BCUT2D eigenvalue weighted by Crippen LogP contribution is -2.44. The molecule has 0 heterocycles. The second-order valence-corrected chi connectivity index (χ2v) is 5.92. The molecule has 1 amide bonds. The van der Waals surface area contributed by atoms with Crippen LogP contribution in [0.15, 0.2) is 24.3 Å². The van der Waals surface area contributed by atoms with E-state index in [0.717, 1.165) is 37.8 Å². The summed E-state index contributed by atoms with van der Waals surface area (Å²) in [5, 5.41) is -0.140. The summed E-state index contributed by atoms with van der Waals surface area (Å²) in [4.78, 5) is 13.8. The molecule has 116 valence electrons. The number of hydrogen-bond acceptors (Lipinski definition) is 1. The molecular formula is C15H17ClF3NO. The van der Waals surface area contributed by atoms with Crippen LogP contribution in [0.5, 0.6) is 0 Å². The predicted octanol–water partition coefficient (Wildman–Crippen LogP) is 4.33. The van der Waals surface area contributed by atoms with Gasteiger partial charge in [0.15, 0.2) is 0 Å². The van der Waals surface area contributed by atoms with Gasteiger partial charge in [-0.15, -0.1) is 11.6 Å². The fraction of sp³-hybridized carbons (Fsp3) is 0.533. The van der Waals surface area contributed by atoms with Crippen LogP contribution >= 0.6 is 11.6 Å². The van der Waals surface area contributed by atoms with Gasteiger partial charge in [0, 0.05) is 18.7 Å². The molecule has 0 saturated heterocycles. The van der Waals surface area contributed by atoms with Gasteiger partial charge in [0.05, 0.1) is 10.9 Å². The van der Waals surface area contributed by atoms with Crippen LogP contribution in [0.25, 0.3) is 0 Å². The Morgan fingerprint density at radius 2 is 1.95 bits per heavy atom. The SMILES string of the molecule is CN(C(=O)c1cccc(C(F)(F)F)c1)C1CCCCC1Cl. The molecule has 0 N–H and O–H groups in total. The molecule has 0 bridgehead atoms. The molecule has 0 aromatic heterocycles. The topological polar surface area (TPSA) is 20.3 Å². The second-order valence-electron chi connectivity index (χ2n) is 5.36. The largest absolute Gasteiger partial charge is 0.416 e. The Morgan fingerprint density at radius 1 is 1.29 bits per heavy atom. The Bertz CT molecular complexity index is 518. The van der Waals surface area contributed by atoms with Gasteiger partial charge in [0.2, 0.25) is 0 Å². The van der Waals surface area contributed by atoms with Crippen molar-refractivity contribution in [3.05, 3.63) is 35.4 Å². The summed E-state index contributed by atoms with van der Waals surface area (Å²) in [6.07, 6.45) is -0.832. The van der Waals surface area contributed by atoms with Crippen LogP contribution in [-0.4, -0.2) is 29.3 Å². The molecule has 0 aliphatic heterocycles. The Balaban J connectivity index is 2.19. The lowest BCUT2D eigenvalue weighted by atomic mass is 9.93. The summed E-state index contributed by atoms with van der Waals surface area (Å²) in [5.74, 6) is -0.418. The Kier molecular flexibility index (Phi) is 4.81. The molecule has 1 aliphatic rings. The zero-order chi connectivity index (χ0) is 15.6. The summed E-state index contributed by atoms with van der Waals surface area (Å²) < 4.78 is 38.1. The number of nitrogens with zero attached hydrogens (tertiary/aromatic N) is 1. The molecule has 21 heavy (non-hydrogen) atoms. The highest BCUT2D eigenvalue weighted by Crippen LogP contribution is 2.31. The van der Waals surface area contributed by atoms with Crippen molar-refractivity contribution in [3.8, 4) is 0 Å². The zero-order valence-electron chi connectivity index (χ0n) is 11.7. The third kappa shape index (κ3) is 3.70. The Hall–Kier alpha value is -1.23. The van der Waals surface area contributed by atoms with Crippen molar-refractivity contribution in [2.75, 3.05) is 7.05 Å². The quantitative estimate of drug-likeness (QED) is 0.743. The Morgan fingerprint density at radius 3 is 2.57 bits per heavy atom. The molecule has 6 heteroatoms. The third-order valence-electron chi connectivity index (χ3n) is 3.90. The summed E-state index contributed by atoms with van der Waals surface area (Å²) in [5.41, 5.74) is -0.769. The van der Waals surface area contributed by atoms with Crippen molar-refractivity contribution in [1.29, 1.82) is 0 Å². The number of alkyl halides is 4. The predicted molar refractivity (Wildman–Crippen MR) is 75.4 cm³/mol. The number of carbonyl (C=O) groups excluding carboxylic acids is 1. The van der Waals surface area contributed by atoms with E-state index in [2.05, 4.69) is 0 Å². The van der Waals surface area contributed by atoms with Gasteiger partial charge in [-0.25, -0.2) is 0 Å². The van der Waals surface area contributed by atoms with Crippen molar-refractivity contribution in [2.24, 2.45) is 0 Å². The van der Waals surface area contributed by atoms with Gasteiger partial charge in [-0.3, -0.25) is 4.79 Å². The van der Waals surface area contributed by atoms with Crippen molar-refractivity contribution >= 4 is 17.5 Å².